The molecule has 18 heavy (non-hydrogen) atoms. The smallest absolute Gasteiger partial charge is 0.107 e. The highest BCUT2D eigenvalue weighted by Crippen LogP contribution is 2.16. The van der Waals surface area contributed by atoms with Gasteiger partial charge in [-0.1, -0.05) is 6.42 Å². The fraction of sp³-hybridized carbons (Fsp3) is 0.786. The van der Waals surface area contributed by atoms with Crippen LogP contribution in [0.25, 0.3) is 0 Å². The van der Waals surface area contributed by atoms with Crippen molar-refractivity contribution in [1.82, 2.24) is 15.2 Å². The van der Waals surface area contributed by atoms with Gasteiger partial charge >= 0.3 is 0 Å². The third-order valence-corrected chi connectivity index (χ3v) is 4.55. The van der Waals surface area contributed by atoms with Gasteiger partial charge in [-0.15, -0.1) is 11.3 Å². The van der Waals surface area contributed by atoms with Gasteiger partial charge in [-0.05, 0) is 40.2 Å². The van der Waals surface area contributed by atoms with Gasteiger partial charge in [0, 0.05) is 29.7 Å². The van der Waals surface area contributed by atoms with Gasteiger partial charge in [-0.3, -0.25) is 4.90 Å². The molecule has 0 aliphatic carbocycles. The van der Waals surface area contributed by atoms with Crippen LogP contribution in [0, 0.1) is 6.92 Å². The Morgan fingerprint density at radius 1 is 1.50 bits per heavy atom. The van der Waals surface area contributed by atoms with Crippen molar-refractivity contribution < 1.29 is 0 Å². The lowest BCUT2D eigenvalue weighted by Gasteiger charge is -2.32. The van der Waals surface area contributed by atoms with E-state index in [-0.39, 0.29) is 0 Å². The van der Waals surface area contributed by atoms with Crippen molar-refractivity contribution in [2.45, 2.75) is 58.7 Å². The van der Waals surface area contributed by atoms with Crippen LogP contribution in [0.4, 0.5) is 0 Å². The molecule has 1 atom stereocenters. The summed E-state index contributed by atoms with van der Waals surface area (Å²) in [6.07, 6.45) is 4.03. The van der Waals surface area contributed by atoms with Crippen LogP contribution >= 0.6 is 11.3 Å². The zero-order valence-corrected chi connectivity index (χ0v) is 12.6. The molecule has 0 spiro atoms. The van der Waals surface area contributed by atoms with Gasteiger partial charge in [-0.2, -0.15) is 0 Å². The Labute approximate surface area is 115 Å². The number of hydrogen-bond acceptors (Lipinski definition) is 4. The SMILES string of the molecule is Cc1csc(CN(CC2CCCCN2)C(C)C)n1. The summed E-state index contributed by atoms with van der Waals surface area (Å²) >= 11 is 1.78. The van der Waals surface area contributed by atoms with E-state index < -0.39 is 0 Å². The number of hydrogen-bond donors (Lipinski definition) is 1. The van der Waals surface area contributed by atoms with Crippen LogP contribution in [0.15, 0.2) is 5.38 Å². The van der Waals surface area contributed by atoms with Crippen molar-refractivity contribution in [1.29, 1.82) is 0 Å². The molecule has 2 heterocycles. The van der Waals surface area contributed by atoms with E-state index in [1.165, 1.54) is 30.8 Å². The Morgan fingerprint density at radius 2 is 2.33 bits per heavy atom. The zero-order valence-electron chi connectivity index (χ0n) is 11.8. The maximum absolute atomic E-state index is 4.58. The van der Waals surface area contributed by atoms with Crippen molar-refractivity contribution >= 4 is 11.3 Å². The minimum Gasteiger partial charge on any atom is -0.313 e. The summed E-state index contributed by atoms with van der Waals surface area (Å²) in [5.74, 6) is 0. The van der Waals surface area contributed by atoms with E-state index in [4.69, 9.17) is 0 Å². The third-order valence-electron chi connectivity index (χ3n) is 3.60. The first-order valence-corrected chi connectivity index (χ1v) is 7.91. The van der Waals surface area contributed by atoms with E-state index in [0.717, 1.165) is 18.8 Å². The molecular weight excluding hydrogens is 242 g/mol. The maximum Gasteiger partial charge on any atom is 0.107 e. The minimum atomic E-state index is 0.581. The molecule has 1 unspecified atom stereocenters. The van der Waals surface area contributed by atoms with Crippen molar-refractivity contribution in [2.24, 2.45) is 0 Å². The van der Waals surface area contributed by atoms with E-state index in [2.05, 4.69) is 41.4 Å². The highest BCUT2D eigenvalue weighted by atomic mass is 32.1. The molecule has 3 nitrogen and oxygen atoms in total. The number of nitrogens with one attached hydrogen (secondary N) is 1. The molecule has 0 saturated carbocycles. The number of rotatable bonds is 5. The van der Waals surface area contributed by atoms with Crippen LogP contribution < -0.4 is 5.32 Å². The van der Waals surface area contributed by atoms with Crippen LogP contribution in [0.2, 0.25) is 0 Å². The lowest BCUT2D eigenvalue weighted by Crippen LogP contribution is -2.45. The topological polar surface area (TPSA) is 28.2 Å². The lowest BCUT2D eigenvalue weighted by atomic mass is 10.0. The summed E-state index contributed by atoms with van der Waals surface area (Å²) in [5, 5.41) is 7.03. The molecule has 0 aromatic carbocycles. The van der Waals surface area contributed by atoms with Gasteiger partial charge in [0.15, 0.2) is 0 Å². The van der Waals surface area contributed by atoms with Crippen LogP contribution in [0.5, 0.6) is 0 Å². The Balaban J connectivity index is 1.90. The summed E-state index contributed by atoms with van der Waals surface area (Å²) in [6.45, 7) is 9.96. The zero-order chi connectivity index (χ0) is 13.0. The molecule has 102 valence electrons. The largest absolute Gasteiger partial charge is 0.313 e. The molecule has 1 aromatic rings. The molecule has 0 amide bonds. The number of aryl methyl sites for hydroxylation is 1. The quantitative estimate of drug-likeness (QED) is 0.889. The standard InChI is InChI=1S/C14H25N3S/c1-11(2)17(8-13-6-4-5-7-15-13)9-14-16-12(3)10-18-14/h10-11,13,15H,4-9H2,1-3H3. The molecule has 0 bridgehead atoms. The van der Waals surface area contributed by atoms with Gasteiger partial charge in [0.1, 0.15) is 5.01 Å². The summed E-state index contributed by atoms with van der Waals surface area (Å²) in [6, 6.07) is 1.25. The van der Waals surface area contributed by atoms with Crippen LogP contribution in [-0.4, -0.2) is 35.1 Å². The molecule has 4 heteroatoms. The number of piperidine rings is 1. The Bertz CT molecular complexity index is 356. The number of thiazole rings is 1. The van der Waals surface area contributed by atoms with Crippen molar-refractivity contribution in [2.75, 3.05) is 13.1 Å². The normalized spacial score (nSPS) is 20.8. The fourth-order valence-electron chi connectivity index (χ4n) is 2.47. The number of aromatic nitrogens is 1. The lowest BCUT2D eigenvalue weighted by molar-refractivity contribution is 0.177. The Kier molecular flexibility index (Phi) is 5.15. The first-order chi connectivity index (χ1) is 8.65. The predicted molar refractivity (Wildman–Crippen MR) is 78.0 cm³/mol. The molecule has 1 aromatic heterocycles. The van der Waals surface area contributed by atoms with Gasteiger partial charge in [0.2, 0.25) is 0 Å². The molecule has 0 radical (unpaired) electrons. The van der Waals surface area contributed by atoms with Crippen molar-refractivity contribution in [3.8, 4) is 0 Å². The Hall–Kier alpha value is -0.450. The van der Waals surface area contributed by atoms with Crippen LogP contribution in [-0.2, 0) is 6.54 Å². The molecule has 2 rings (SSSR count). The van der Waals surface area contributed by atoms with Gasteiger partial charge in [0.05, 0.1) is 6.54 Å². The maximum atomic E-state index is 4.58. The summed E-state index contributed by atoms with van der Waals surface area (Å²) < 4.78 is 0. The first kappa shape index (κ1) is 14.0. The first-order valence-electron chi connectivity index (χ1n) is 7.03. The van der Waals surface area contributed by atoms with E-state index in [1.54, 1.807) is 11.3 Å². The van der Waals surface area contributed by atoms with Crippen LogP contribution in [0.1, 0.15) is 43.8 Å². The monoisotopic (exact) mass is 267 g/mol. The molecule has 1 aliphatic rings. The third kappa shape index (κ3) is 4.04. The van der Waals surface area contributed by atoms with Gasteiger partial charge in [0.25, 0.3) is 0 Å². The number of nitrogens with zero attached hydrogens (tertiary/aromatic N) is 2. The van der Waals surface area contributed by atoms with Crippen LogP contribution in [0.3, 0.4) is 0 Å². The predicted octanol–water partition coefficient (Wildman–Crippen LogP) is 2.80. The average Bonchev–Trinajstić information content (AvgIpc) is 2.75. The summed E-state index contributed by atoms with van der Waals surface area (Å²) in [4.78, 5) is 7.13. The van der Waals surface area contributed by atoms with E-state index in [0.29, 0.717) is 12.1 Å². The second kappa shape index (κ2) is 6.64. The molecular formula is C14H25N3S. The van der Waals surface area contributed by atoms with E-state index in [1.807, 2.05) is 0 Å². The molecule has 1 N–H and O–H groups in total. The average molecular weight is 267 g/mol. The summed E-state index contributed by atoms with van der Waals surface area (Å²) in [5.41, 5.74) is 1.15. The fourth-order valence-corrected chi connectivity index (χ4v) is 3.27. The second-order valence-corrected chi connectivity index (χ2v) is 6.50. The highest BCUT2D eigenvalue weighted by Gasteiger charge is 2.19. The Morgan fingerprint density at radius 3 is 2.89 bits per heavy atom. The van der Waals surface area contributed by atoms with Gasteiger partial charge < -0.3 is 5.32 Å². The minimum absolute atomic E-state index is 0.581. The van der Waals surface area contributed by atoms with E-state index in [9.17, 15) is 0 Å². The van der Waals surface area contributed by atoms with Crippen molar-refractivity contribution in [3.63, 3.8) is 0 Å². The van der Waals surface area contributed by atoms with Gasteiger partial charge in [-0.25, -0.2) is 4.98 Å². The second-order valence-electron chi connectivity index (χ2n) is 5.55. The van der Waals surface area contributed by atoms with Crippen molar-refractivity contribution in [3.05, 3.63) is 16.1 Å². The molecule has 1 aliphatic heterocycles. The molecule has 1 fully saturated rings. The molecule has 1 saturated heterocycles. The highest BCUT2D eigenvalue weighted by molar-refractivity contribution is 7.09. The summed E-state index contributed by atoms with van der Waals surface area (Å²) in [7, 11) is 0. The van der Waals surface area contributed by atoms with E-state index >= 15 is 0 Å².